The first-order valence-corrected chi connectivity index (χ1v) is 6.92. The molecule has 1 aromatic heterocycles. The molecule has 0 aliphatic rings. The SMILES string of the molecule is COc1c(C)cnc(COc2cc(N)c(C)cc2C)c1C. The van der Waals surface area contributed by atoms with Crippen LogP contribution in [0.1, 0.15) is 27.9 Å². The summed E-state index contributed by atoms with van der Waals surface area (Å²) in [5.74, 6) is 1.66. The predicted molar refractivity (Wildman–Crippen MR) is 84.9 cm³/mol. The Morgan fingerprint density at radius 1 is 1.05 bits per heavy atom. The van der Waals surface area contributed by atoms with E-state index in [2.05, 4.69) is 4.98 Å². The van der Waals surface area contributed by atoms with Gasteiger partial charge in [0.25, 0.3) is 0 Å². The van der Waals surface area contributed by atoms with Gasteiger partial charge in [-0.15, -0.1) is 0 Å². The molecule has 0 spiro atoms. The van der Waals surface area contributed by atoms with Gasteiger partial charge in [-0.3, -0.25) is 4.98 Å². The topological polar surface area (TPSA) is 57.4 Å². The zero-order chi connectivity index (χ0) is 15.6. The first-order valence-electron chi connectivity index (χ1n) is 6.92. The molecule has 2 N–H and O–H groups in total. The van der Waals surface area contributed by atoms with Crippen LogP contribution < -0.4 is 15.2 Å². The molecule has 0 aliphatic carbocycles. The maximum atomic E-state index is 5.94. The molecular formula is C17H22N2O2. The number of anilines is 1. The van der Waals surface area contributed by atoms with Gasteiger partial charge in [-0.1, -0.05) is 6.07 Å². The average Bonchev–Trinajstić information content (AvgIpc) is 2.43. The van der Waals surface area contributed by atoms with Gasteiger partial charge in [0.05, 0.1) is 12.8 Å². The summed E-state index contributed by atoms with van der Waals surface area (Å²) in [7, 11) is 1.67. The Balaban J connectivity index is 2.23. The van der Waals surface area contributed by atoms with E-state index in [-0.39, 0.29) is 0 Å². The van der Waals surface area contributed by atoms with E-state index in [0.717, 1.165) is 45.1 Å². The van der Waals surface area contributed by atoms with E-state index in [4.69, 9.17) is 15.2 Å². The lowest BCUT2D eigenvalue weighted by atomic mass is 10.1. The number of aryl methyl sites for hydroxylation is 3. The molecule has 0 unspecified atom stereocenters. The van der Waals surface area contributed by atoms with Crippen LogP contribution in [0.5, 0.6) is 11.5 Å². The molecule has 1 aromatic carbocycles. The van der Waals surface area contributed by atoms with Crippen molar-refractivity contribution in [1.82, 2.24) is 4.98 Å². The van der Waals surface area contributed by atoms with Crippen LogP contribution in [-0.4, -0.2) is 12.1 Å². The lowest BCUT2D eigenvalue weighted by Crippen LogP contribution is -2.05. The summed E-state index contributed by atoms with van der Waals surface area (Å²) in [5.41, 5.74) is 11.7. The van der Waals surface area contributed by atoms with Crippen LogP contribution in [0.4, 0.5) is 5.69 Å². The highest BCUT2D eigenvalue weighted by atomic mass is 16.5. The summed E-state index contributed by atoms with van der Waals surface area (Å²) >= 11 is 0. The summed E-state index contributed by atoms with van der Waals surface area (Å²) < 4.78 is 11.3. The fourth-order valence-electron chi connectivity index (χ4n) is 2.37. The van der Waals surface area contributed by atoms with Crippen LogP contribution in [0.2, 0.25) is 0 Å². The summed E-state index contributed by atoms with van der Waals surface area (Å²) in [6.07, 6.45) is 1.81. The van der Waals surface area contributed by atoms with E-state index in [9.17, 15) is 0 Å². The lowest BCUT2D eigenvalue weighted by Gasteiger charge is -2.15. The molecule has 0 amide bonds. The Morgan fingerprint density at radius 2 is 1.76 bits per heavy atom. The van der Waals surface area contributed by atoms with Gasteiger partial charge in [-0.25, -0.2) is 0 Å². The average molecular weight is 286 g/mol. The second-order valence-electron chi connectivity index (χ2n) is 5.31. The van der Waals surface area contributed by atoms with Crippen molar-refractivity contribution in [2.45, 2.75) is 34.3 Å². The molecule has 0 bridgehead atoms. The van der Waals surface area contributed by atoms with Crippen molar-refractivity contribution < 1.29 is 9.47 Å². The van der Waals surface area contributed by atoms with Crippen LogP contribution in [-0.2, 0) is 6.61 Å². The number of nitrogens with zero attached hydrogens (tertiary/aromatic N) is 1. The Hall–Kier alpha value is -2.23. The number of hydrogen-bond acceptors (Lipinski definition) is 4. The minimum Gasteiger partial charge on any atom is -0.496 e. The molecule has 0 fully saturated rings. The third kappa shape index (κ3) is 3.10. The maximum Gasteiger partial charge on any atom is 0.131 e. The highest BCUT2D eigenvalue weighted by Gasteiger charge is 2.11. The summed E-state index contributed by atoms with van der Waals surface area (Å²) in [6, 6.07) is 3.89. The Morgan fingerprint density at radius 3 is 2.43 bits per heavy atom. The highest BCUT2D eigenvalue weighted by molar-refractivity contribution is 5.54. The van der Waals surface area contributed by atoms with E-state index >= 15 is 0 Å². The van der Waals surface area contributed by atoms with Crippen molar-refractivity contribution in [2.24, 2.45) is 0 Å². The van der Waals surface area contributed by atoms with Gasteiger partial charge >= 0.3 is 0 Å². The first kappa shape index (κ1) is 15.2. The Labute approximate surface area is 125 Å². The smallest absolute Gasteiger partial charge is 0.131 e. The van der Waals surface area contributed by atoms with E-state index in [1.807, 2.05) is 39.8 Å². The van der Waals surface area contributed by atoms with E-state index in [1.165, 1.54) is 0 Å². The molecule has 4 nitrogen and oxygen atoms in total. The number of aromatic nitrogens is 1. The standard InChI is InChI=1S/C17H22N2O2/c1-10-6-11(2)16(7-14(10)18)21-9-15-13(4)17(20-5)12(3)8-19-15/h6-8H,9,18H2,1-5H3. The fraction of sp³-hybridized carbons (Fsp3) is 0.353. The second-order valence-corrected chi connectivity index (χ2v) is 5.31. The van der Waals surface area contributed by atoms with Crippen molar-refractivity contribution in [1.29, 1.82) is 0 Å². The highest BCUT2D eigenvalue weighted by Crippen LogP contribution is 2.27. The minimum atomic E-state index is 0.395. The second kappa shape index (κ2) is 6.04. The molecular weight excluding hydrogens is 264 g/mol. The predicted octanol–water partition coefficient (Wildman–Crippen LogP) is 3.49. The van der Waals surface area contributed by atoms with Gasteiger partial charge in [0, 0.05) is 29.1 Å². The monoisotopic (exact) mass is 286 g/mol. The largest absolute Gasteiger partial charge is 0.496 e. The van der Waals surface area contributed by atoms with Gasteiger partial charge < -0.3 is 15.2 Å². The number of benzene rings is 1. The third-order valence-electron chi connectivity index (χ3n) is 3.68. The summed E-state index contributed by atoms with van der Waals surface area (Å²) in [4.78, 5) is 4.43. The van der Waals surface area contributed by atoms with Crippen LogP contribution in [0, 0.1) is 27.7 Å². The lowest BCUT2D eigenvalue weighted by molar-refractivity contribution is 0.297. The van der Waals surface area contributed by atoms with Gasteiger partial charge in [0.15, 0.2) is 0 Å². The molecule has 2 aromatic rings. The summed E-state index contributed by atoms with van der Waals surface area (Å²) in [6.45, 7) is 8.37. The number of rotatable bonds is 4. The molecule has 0 saturated heterocycles. The molecule has 1 heterocycles. The number of nitrogen functional groups attached to an aromatic ring is 1. The fourth-order valence-corrected chi connectivity index (χ4v) is 2.37. The van der Waals surface area contributed by atoms with Crippen LogP contribution in [0.25, 0.3) is 0 Å². The van der Waals surface area contributed by atoms with Gasteiger partial charge in [0.1, 0.15) is 18.1 Å². The quantitative estimate of drug-likeness (QED) is 0.874. The number of pyridine rings is 1. The van der Waals surface area contributed by atoms with Crippen molar-refractivity contribution in [3.63, 3.8) is 0 Å². The Kier molecular flexibility index (Phi) is 4.36. The molecule has 0 radical (unpaired) electrons. The zero-order valence-corrected chi connectivity index (χ0v) is 13.3. The van der Waals surface area contributed by atoms with Gasteiger partial charge in [-0.2, -0.15) is 0 Å². The minimum absolute atomic E-state index is 0.395. The zero-order valence-electron chi connectivity index (χ0n) is 13.3. The Bertz CT molecular complexity index is 666. The van der Waals surface area contributed by atoms with Crippen LogP contribution in [0.15, 0.2) is 18.3 Å². The summed E-state index contributed by atoms with van der Waals surface area (Å²) in [5, 5.41) is 0. The van der Waals surface area contributed by atoms with E-state index < -0.39 is 0 Å². The van der Waals surface area contributed by atoms with E-state index in [1.54, 1.807) is 13.3 Å². The normalized spacial score (nSPS) is 10.5. The van der Waals surface area contributed by atoms with Crippen molar-refractivity contribution in [3.8, 4) is 11.5 Å². The molecule has 0 atom stereocenters. The molecule has 21 heavy (non-hydrogen) atoms. The maximum absolute atomic E-state index is 5.94. The van der Waals surface area contributed by atoms with Crippen molar-refractivity contribution in [2.75, 3.05) is 12.8 Å². The van der Waals surface area contributed by atoms with Gasteiger partial charge in [-0.05, 0) is 38.8 Å². The van der Waals surface area contributed by atoms with E-state index in [0.29, 0.717) is 6.61 Å². The number of ether oxygens (including phenoxy) is 2. The first-order chi connectivity index (χ1) is 9.93. The number of nitrogens with two attached hydrogens (primary N) is 1. The van der Waals surface area contributed by atoms with Crippen LogP contribution in [0.3, 0.4) is 0 Å². The number of hydrogen-bond donors (Lipinski definition) is 1. The molecule has 0 saturated carbocycles. The number of methoxy groups -OCH3 is 1. The van der Waals surface area contributed by atoms with Gasteiger partial charge in [0.2, 0.25) is 0 Å². The molecule has 4 heteroatoms. The van der Waals surface area contributed by atoms with Crippen molar-refractivity contribution >= 4 is 5.69 Å². The third-order valence-corrected chi connectivity index (χ3v) is 3.68. The molecule has 0 aliphatic heterocycles. The van der Waals surface area contributed by atoms with Crippen molar-refractivity contribution in [3.05, 3.63) is 46.3 Å². The van der Waals surface area contributed by atoms with Crippen LogP contribution >= 0.6 is 0 Å². The molecule has 112 valence electrons. The molecule has 2 rings (SSSR count).